The first-order chi connectivity index (χ1) is 15.1. The third-order valence-electron chi connectivity index (χ3n) is 5.69. The van der Waals surface area contributed by atoms with Crippen LogP contribution < -0.4 is 0 Å². The Hall–Kier alpha value is -3.12. The first kappa shape index (κ1) is 26.1. The van der Waals surface area contributed by atoms with Crippen LogP contribution in [0.15, 0.2) is 109 Å². The highest BCUT2D eigenvalue weighted by atomic mass is 14.2. The van der Waals surface area contributed by atoms with E-state index in [1.807, 2.05) is 6.07 Å². The van der Waals surface area contributed by atoms with Crippen molar-refractivity contribution in [3.63, 3.8) is 0 Å². The molecule has 0 nitrogen and oxygen atoms in total. The SMILES string of the molecule is C.CC(C)(C)c1ccc(-c2ccccc2)cc1.CC(C)(C)c1cccc(-c2ccccc2)c1. The minimum Gasteiger partial charge on any atom is -0.0776 e. The van der Waals surface area contributed by atoms with Gasteiger partial charge in [-0.2, -0.15) is 0 Å². The van der Waals surface area contributed by atoms with Crippen molar-refractivity contribution in [3.8, 4) is 22.3 Å². The minimum atomic E-state index is 0. The van der Waals surface area contributed by atoms with Crippen molar-refractivity contribution in [2.24, 2.45) is 0 Å². The zero-order valence-electron chi connectivity index (χ0n) is 20.4. The number of rotatable bonds is 2. The van der Waals surface area contributed by atoms with Gasteiger partial charge in [-0.1, -0.05) is 158 Å². The largest absolute Gasteiger partial charge is 0.0776 e. The molecular formula is C33H40. The smallest absolute Gasteiger partial charge is 0.0132 e. The lowest BCUT2D eigenvalue weighted by Crippen LogP contribution is -2.10. The number of hydrogen-bond donors (Lipinski definition) is 0. The van der Waals surface area contributed by atoms with Gasteiger partial charge < -0.3 is 0 Å². The molecule has 0 bridgehead atoms. The van der Waals surface area contributed by atoms with Crippen molar-refractivity contribution < 1.29 is 0 Å². The molecule has 0 saturated carbocycles. The Morgan fingerprint density at radius 1 is 0.364 bits per heavy atom. The van der Waals surface area contributed by atoms with Crippen LogP contribution in [0.4, 0.5) is 0 Å². The first-order valence-electron chi connectivity index (χ1n) is 11.5. The summed E-state index contributed by atoms with van der Waals surface area (Å²) in [6.07, 6.45) is 0. The lowest BCUT2D eigenvalue weighted by molar-refractivity contribution is 0.590. The summed E-state index contributed by atoms with van der Waals surface area (Å²) in [7, 11) is 0. The fraction of sp³-hybridized carbons (Fsp3) is 0.273. The van der Waals surface area contributed by atoms with Crippen LogP contribution in [0, 0.1) is 0 Å². The lowest BCUT2D eigenvalue weighted by atomic mass is 9.85. The summed E-state index contributed by atoms with van der Waals surface area (Å²) in [5.74, 6) is 0. The zero-order valence-corrected chi connectivity index (χ0v) is 20.4. The van der Waals surface area contributed by atoms with E-state index in [1.54, 1.807) is 0 Å². The Balaban J connectivity index is 0.000000227. The molecule has 0 heteroatoms. The van der Waals surface area contributed by atoms with Crippen molar-refractivity contribution in [2.45, 2.75) is 59.8 Å². The van der Waals surface area contributed by atoms with Crippen molar-refractivity contribution in [1.82, 2.24) is 0 Å². The highest BCUT2D eigenvalue weighted by Gasteiger charge is 2.14. The van der Waals surface area contributed by atoms with Crippen molar-refractivity contribution in [3.05, 3.63) is 120 Å². The molecule has 0 amide bonds. The molecule has 0 heterocycles. The molecule has 4 aromatic carbocycles. The van der Waals surface area contributed by atoms with Crippen molar-refractivity contribution >= 4 is 0 Å². The molecule has 0 radical (unpaired) electrons. The van der Waals surface area contributed by atoms with Crippen LogP contribution in [-0.4, -0.2) is 0 Å². The van der Waals surface area contributed by atoms with Gasteiger partial charge in [0.2, 0.25) is 0 Å². The Morgan fingerprint density at radius 3 is 1.21 bits per heavy atom. The third kappa shape index (κ3) is 7.46. The lowest BCUT2D eigenvalue weighted by Gasteiger charge is -2.19. The van der Waals surface area contributed by atoms with Gasteiger partial charge in [0, 0.05) is 0 Å². The molecule has 0 N–H and O–H groups in total. The molecule has 0 saturated heterocycles. The summed E-state index contributed by atoms with van der Waals surface area (Å²) in [6, 6.07) is 38.7. The van der Waals surface area contributed by atoms with Crippen LogP contribution in [0.5, 0.6) is 0 Å². The summed E-state index contributed by atoms with van der Waals surface area (Å²) in [5, 5.41) is 0. The molecule has 0 aliphatic rings. The Morgan fingerprint density at radius 2 is 0.758 bits per heavy atom. The fourth-order valence-electron chi connectivity index (χ4n) is 3.59. The van der Waals surface area contributed by atoms with E-state index in [9.17, 15) is 0 Å². The van der Waals surface area contributed by atoms with E-state index in [0.717, 1.165) is 0 Å². The highest BCUT2D eigenvalue weighted by molar-refractivity contribution is 5.64. The third-order valence-corrected chi connectivity index (χ3v) is 5.69. The van der Waals surface area contributed by atoms with Crippen molar-refractivity contribution in [1.29, 1.82) is 0 Å². The highest BCUT2D eigenvalue weighted by Crippen LogP contribution is 2.27. The van der Waals surface area contributed by atoms with Gasteiger partial charge in [-0.05, 0) is 44.2 Å². The summed E-state index contributed by atoms with van der Waals surface area (Å²) < 4.78 is 0. The van der Waals surface area contributed by atoms with E-state index in [4.69, 9.17) is 0 Å². The van der Waals surface area contributed by atoms with Gasteiger partial charge >= 0.3 is 0 Å². The summed E-state index contributed by atoms with van der Waals surface area (Å²) in [6.45, 7) is 13.5. The Kier molecular flexibility index (Phi) is 8.83. The molecule has 0 aliphatic carbocycles. The molecule has 4 rings (SSSR count). The van der Waals surface area contributed by atoms with Crippen molar-refractivity contribution in [2.75, 3.05) is 0 Å². The van der Waals surface area contributed by atoms with E-state index < -0.39 is 0 Å². The average molecular weight is 437 g/mol. The second-order valence-electron chi connectivity index (χ2n) is 10.4. The maximum absolute atomic E-state index is 2.29. The zero-order chi connectivity index (χ0) is 23.2. The Bertz CT molecular complexity index is 1090. The monoisotopic (exact) mass is 436 g/mol. The minimum absolute atomic E-state index is 0. The Labute approximate surface area is 202 Å². The van der Waals surface area contributed by atoms with Gasteiger partial charge in [0.05, 0.1) is 0 Å². The standard InChI is InChI=1S/2C16H18.CH4/c1-16(2,3)15-11-7-10-14(12-15)13-8-5-4-6-9-13;1-16(2,3)15-11-9-14(10-12-15)13-7-5-4-6-8-13;/h2*4-12H,1-3H3;1H4. The predicted molar refractivity (Wildman–Crippen MR) is 148 cm³/mol. The number of benzene rings is 4. The van der Waals surface area contributed by atoms with Crippen LogP contribution in [0.3, 0.4) is 0 Å². The van der Waals surface area contributed by atoms with E-state index in [1.165, 1.54) is 33.4 Å². The van der Waals surface area contributed by atoms with Gasteiger partial charge in [-0.3, -0.25) is 0 Å². The molecule has 4 aromatic rings. The summed E-state index contributed by atoms with van der Waals surface area (Å²) in [5.41, 5.74) is 8.36. The van der Waals surface area contributed by atoms with Gasteiger partial charge in [-0.15, -0.1) is 0 Å². The molecule has 0 spiro atoms. The van der Waals surface area contributed by atoms with Crippen LogP contribution in [0.2, 0.25) is 0 Å². The topological polar surface area (TPSA) is 0 Å². The van der Waals surface area contributed by atoms with Gasteiger partial charge in [-0.25, -0.2) is 0 Å². The second kappa shape index (κ2) is 11.1. The van der Waals surface area contributed by atoms with E-state index >= 15 is 0 Å². The molecule has 172 valence electrons. The fourth-order valence-corrected chi connectivity index (χ4v) is 3.59. The normalized spacial score (nSPS) is 11.1. The average Bonchev–Trinajstić information content (AvgIpc) is 2.80. The van der Waals surface area contributed by atoms with Crippen LogP contribution in [0.25, 0.3) is 22.3 Å². The molecule has 33 heavy (non-hydrogen) atoms. The van der Waals surface area contributed by atoms with E-state index in [-0.39, 0.29) is 18.3 Å². The molecule has 0 aromatic heterocycles. The predicted octanol–water partition coefficient (Wildman–Crippen LogP) is 9.94. The molecule has 0 unspecified atom stereocenters. The van der Waals surface area contributed by atoms with Gasteiger partial charge in [0.15, 0.2) is 0 Å². The van der Waals surface area contributed by atoms with Crippen LogP contribution in [-0.2, 0) is 10.8 Å². The molecule has 0 aliphatic heterocycles. The van der Waals surface area contributed by atoms with Gasteiger partial charge in [0.1, 0.15) is 0 Å². The summed E-state index contributed by atoms with van der Waals surface area (Å²) >= 11 is 0. The molecule has 0 atom stereocenters. The maximum atomic E-state index is 2.29. The van der Waals surface area contributed by atoms with Gasteiger partial charge in [0.25, 0.3) is 0 Å². The number of hydrogen-bond acceptors (Lipinski definition) is 0. The summed E-state index contributed by atoms with van der Waals surface area (Å²) in [4.78, 5) is 0. The van der Waals surface area contributed by atoms with Crippen LogP contribution in [0.1, 0.15) is 60.1 Å². The second-order valence-corrected chi connectivity index (χ2v) is 10.4. The maximum Gasteiger partial charge on any atom is -0.0132 e. The van der Waals surface area contributed by atoms with E-state index in [0.29, 0.717) is 0 Å². The van der Waals surface area contributed by atoms with E-state index in [2.05, 4.69) is 145 Å². The van der Waals surface area contributed by atoms with Crippen LogP contribution >= 0.6 is 0 Å². The molecule has 0 fully saturated rings. The first-order valence-corrected chi connectivity index (χ1v) is 11.5. The quantitative estimate of drug-likeness (QED) is 0.293. The molecular weight excluding hydrogens is 396 g/mol.